The van der Waals surface area contributed by atoms with E-state index in [9.17, 15) is 8.78 Å². The average molecular weight is 297 g/mol. The van der Waals surface area contributed by atoms with E-state index in [1.165, 1.54) is 6.07 Å². The van der Waals surface area contributed by atoms with Gasteiger partial charge in [-0.3, -0.25) is 0 Å². The van der Waals surface area contributed by atoms with Crippen LogP contribution in [0.2, 0.25) is 0 Å². The molecule has 1 aliphatic carbocycles. The van der Waals surface area contributed by atoms with Gasteiger partial charge in [-0.1, -0.05) is 0 Å². The Bertz CT molecular complexity index is 549. The summed E-state index contributed by atoms with van der Waals surface area (Å²) in [6.45, 7) is 1.27. The van der Waals surface area contributed by atoms with E-state index in [2.05, 4.69) is 10.2 Å². The molecule has 0 bridgehead atoms. The number of halogens is 2. The minimum atomic E-state index is -0.514. The van der Waals surface area contributed by atoms with Crippen LogP contribution < -0.4 is 11.1 Å². The van der Waals surface area contributed by atoms with Crippen LogP contribution in [0.3, 0.4) is 0 Å². The second-order valence-corrected chi connectivity index (χ2v) is 5.79. The van der Waals surface area contributed by atoms with Gasteiger partial charge in [0.05, 0.1) is 6.04 Å². The van der Waals surface area contributed by atoms with Gasteiger partial charge in [-0.25, -0.2) is 8.78 Å². The number of hydrogen-bond acceptors (Lipinski definition) is 2. The number of nitrogens with one attached hydrogen (secondary N) is 1. The molecular formula is C14H17F2N3S. The van der Waals surface area contributed by atoms with E-state index in [0.717, 1.165) is 24.6 Å². The molecule has 1 aromatic rings. The van der Waals surface area contributed by atoms with Gasteiger partial charge in [-0.2, -0.15) is 0 Å². The lowest BCUT2D eigenvalue weighted by Gasteiger charge is -2.36. The third kappa shape index (κ3) is 2.27. The van der Waals surface area contributed by atoms with Gasteiger partial charge in [0, 0.05) is 25.2 Å². The first-order valence-corrected chi connectivity index (χ1v) is 7.24. The smallest absolute Gasteiger partial charge is 0.169 e. The van der Waals surface area contributed by atoms with Gasteiger partial charge in [0.1, 0.15) is 11.6 Å². The van der Waals surface area contributed by atoms with E-state index in [4.69, 9.17) is 18.0 Å². The molecule has 3 nitrogen and oxygen atoms in total. The summed E-state index contributed by atoms with van der Waals surface area (Å²) in [4.78, 5) is 2.11. The second kappa shape index (κ2) is 5.26. The molecule has 0 saturated carbocycles. The summed E-state index contributed by atoms with van der Waals surface area (Å²) in [6.07, 6.45) is 2.04. The zero-order valence-electron chi connectivity index (χ0n) is 11.0. The molecule has 6 heteroatoms. The van der Waals surface area contributed by atoms with Crippen LogP contribution in [0, 0.1) is 11.6 Å². The highest BCUT2D eigenvalue weighted by Gasteiger charge is 2.35. The number of hydrogen-bond donors (Lipinski definition) is 2. The highest BCUT2D eigenvalue weighted by Crippen LogP contribution is 2.29. The highest BCUT2D eigenvalue weighted by atomic mass is 32.1. The molecule has 2 unspecified atom stereocenters. The summed E-state index contributed by atoms with van der Waals surface area (Å²) in [7, 11) is 0. The fraction of sp³-hybridized carbons (Fsp3) is 0.500. The Morgan fingerprint density at radius 1 is 1.40 bits per heavy atom. The second-order valence-electron chi connectivity index (χ2n) is 5.40. The van der Waals surface area contributed by atoms with Crippen LogP contribution >= 0.6 is 12.2 Å². The molecule has 3 rings (SSSR count). The third-order valence-electron chi connectivity index (χ3n) is 4.22. The van der Waals surface area contributed by atoms with Crippen molar-refractivity contribution in [2.75, 3.05) is 13.1 Å². The predicted octanol–water partition coefficient (Wildman–Crippen LogP) is 1.34. The van der Waals surface area contributed by atoms with Gasteiger partial charge in [0.25, 0.3) is 0 Å². The van der Waals surface area contributed by atoms with Crippen molar-refractivity contribution in [1.29, 1.82) is 0 Å². The molecule has 1 heterocycles. The zero-order valence-corrected chi connectivity index (χ0v) is 11.9. The topological polar surface area (TPSA) is 41.3 Å². The van der Waals surface area contributed by atoms with Crippen molar-refractivity contribution in [3.63, 3.8) is 0 Å². The van der Waals surface area contributed by atoms with E-state index >= 15 is 0 Å². The Balaban J connectivity index is 1.86. The Morgan fingerprint density at radius 3 is 2.95 bits per heavy atom. The van der Waals surface area contributed by atoms with E-state index in [1.807, 2.05) is 0 Å². The maximum atomic E-state index is 13.7. The first kappa shape index (κ1) is 13.7. The molecule has 2 aliphatic rings. The Morgan fingerprint density at radius 2 is 2.20 bits per heavy atom. The van der Waals surface area contributed by atoms with Crippen molar-refractivity contribution in [2.45, 2.75) is 31.3 Å². The number of benzene rings is 1. The van der Waals surface area contributed by atoms with Crippen LogP contribution in [0.1, 0.15) is 17.5 Å². The lowest BCUT2D eigenvalue weighted by atomic mass is 9.86. The van der Waals surface area contributed by atoms with Crippen molar-refractivity contribution in [3.05, 3.63) is 34.9 Å². The van der Waals surface area contributed by atoms with Gasteiger partial charge in [0.15, 0.2) is 5.11 Å². The predicted molar refractivity (Wildman–Crippen MR) is 77.5 cm³/mol. The van der Waals surface area contributed by atoms with E-state index < -0.39 is 11.6 Å². The highest BCUT2D eigenvalue weighted by molar-refractivity contribution is 7.80. The van der Waals surface area contributed by atoms with Crippen LogP contribution in [0.15, 0.2) is 12.1 Å². The van der Waals surface area contributed by atoms with Crippen molar-refractivity contribution in [3.8, 4) is 0 Å². The molecule has 20 heavy (non-hydrogen) atoms. The first-order valence-electron chi connectivity index (χ1n) is 6.83. The summed E-state index contributed by atoms with van der Waals surface area (Å²) >= 11 is 5.33. The summed E-state index contributed by atoms with van der Waals surface area (Å²) in [5.41, 5.74) is 7.17. The molecule has 0 aromatic heterocycles. The number of rotatable bonds is 2. The molecule has 1 fully saturated rings. The van der Waals surface area contributed by atoms with Crippen LogP contribution in [0.25, 0.3) is 0 Å². The van der Waals surface area contributed by atoms with Crippen molar-refractivity contribution in [1.82, 2.24) is 10.2 Å². The third-order valence-corrected chi connectivity index (χ3v) is 4.57. The van der Waals surface area contributed by atoms with Gasteiger partial charge >= 0.3 is 0 Å². The van der Waals surface area contributed by atoms with Crippen molar-refractivity contribution >= 4 is 17.3 Å². The van der Waals surface area contributed by atoms with Crippen LogP contribution in [-0.4, -0.2) is 35.2 Å². The SMILES string of the molecule is NCC1CNC(=S)N1C1CCc2c(F)cc(F)cc2C1. The maximum Gasteiger partial charge on any atom is 0.169 e. The summed E-state index contributed by atoms with van der Waals surface area (Å²) in [6, 6.07) is 2.74. The lowest BCUT2D eigenvalue weighted by Crippen LogP contribution is -2.48. The summed E-state index contributed by atoms with van der Waals surface area (Å²) in [5.74, 6) is -0.949. The summed E-state index contributed by atoms with van der Waals surface area (Å²) in [5, 5.41) is 3.84. The van der Waals surface area contributed by atoms with Gasteiger partial charge < -0.3 is 16.0 Å². The minimum Gasteiger partial charge on any atom is -0.360 e. The molecular weight excluding hydrogens is 280 g/mol. The molecule has 0 radical (unpaired) electrons. The molecule has 0 spiro atoms. The Hall–Kier alpha value is -1.27. The monoisotopic (exact) mass is 297 g/mol. The number of nitrogens with two attached hydrogens (primary N) is 1. The fourth-order valence-corrected chi connectivity index (χ4v) is 3.63. The standard InChI is InChI=1S/C14H17F2N3S/c15-9-3-8-4-10(1-2-12(8)13(16)5-9)19-11(6-17)7-18-14(19)20/h3,5,10-11H,1-2,4,6-7,17H2,(H,18,20). The van der Waals surface area contributed by atoms with Gasteiger partial charge in [-0.15, -0.1) is 0 Å². The van der Waals surface area contributed by atoms with Crippen molar-refractivity contribution < 1.29 is 8.78 Å². The fourth-order valence-electron chi connectivity index (χ4n) is 3.24. The Labute approximate surface area is 122 Å². The van der Waals surface area contributed by atoms with E-state index in [-0.39, 0.29) is 12.1 Å². The number of nitrogens with zero attached hydrogens (tertiary/aromatic N) is 1. The molecule has 3 N–H and O–H groups in total. The number of thiocarbonyl (C=S) groups is 1. The molecule has 1 aliphatic heterocycles. The maximum absolute atomic E-state index is 13.7. The minimum absolute atomic E-state index is 0.166. The van der Waals surface area contributed by atoms with Crippen LogP contribution in [0.4, 0.5) is 8.78 Å². The van der Waals surface area contributed by atoms with Crippen molar-refractivity contribution in [2.24, 2.45) is 5.73 Å². The normalized spacial score (nSPS) is 25.6. The Kier molecular flexibility index (Phi) is 3.60. The van der Waals surface area contributed by atoms with Gasteiger partial charge in [0.2, 0.25) is 0 Å². The average Bonchev–Trinajstić information content (AvgIpc) is 2.78. The molecule has 2 atom stereocenters. The van der Waals surface area contributed by atoms with E-state index in [1.54, 1.807) is 0 Å². The molecule has 108 valence electrons. The molecule has 0 amide bonds. The zero-order chi connectivity index (χ0) is 14.3. The quantitative estimate of drug-likeness (QED) is 0.808. The van der Waals surface area contributed by atoms with Crippen LogP contribution in [-0.2, 0) is 12.8 Å². The van der Waals surface area contributed by atoms with Crippen LogP contribution in [0.5, 0.6) is 0 Å². The summed E-state index contributed by atoms with van der Waals surface area (Å²) < 4.78 is 27.1. The van der Waals surface area contributed by atoms with Gasteiger partial charge in [-0.05, 0) is 48.7 Å². The number of fused-ring (bicyclic) bond motifs is 1. The lowest BCUT2D eigenvalue weighted by molar-refractivity contribution is 0.247. The first-order chi connectivity index (χ1) is 9.60. The molecule has 1 saturated heterocycles. The van der Waals surface area contributed by atoms with E-state index in [0.29, 0.717) is 30.1 Å². The largest absolute Gasteiger partial charge is 0.360 e. The molecule has 1 aromatic carbocycles.